The van der Waals surface area contributed by atoms with Gasteiger partial charge in [-0.15, -0.1) is 0 Å². The van der Waals surface area contributed by atoms with E-state index in [0.29, 0.717) is 37.4 Å². The Morgan fingerprint density at radius 3 is 2.59 bits per heavy atom. The van der Waals surface area contributed by atoms with Gasteiger partial charge in [0, 0.05) is 55.6 Å². The molecule has 3 heterocycles. The molecule has 5 nitrogen and oxygen atoms in total. The Morgan fingerprint density at radius 1 is 1.00 bits per heavy atom. The number of halogens is 4. The van der Waals surface area contributed by atoms with E-state index in [1.165, 1.54) is 30.5 Å². The lowest BCUT2D eigenvalue weighted by atomic mass is 9.97. The van der Waals surface area contributed by atoms with Crippen molar-refractivity contribution < 1.29 is 27.1 Å². The number of fused-ring (bicyclic) bond motifs is 1. The summed E-state index contributed by atoms with van der Waals surface area (Å²) in [4.78, 5) is 23.3. The SMILES string of the molecule is O=C(Cc1ccc(CN2CCOCC2)c(C(F)(F)F)c1)c1ccc(F)c(C#Cc2cncc3cccnc23)c1. The molecule has 0 N–H and O–H groups in total. The highest BCUT2D eigenvalue weighted by atomic mass is 19.4. The average molecular weight is 534 g/mol. The fraction of sp³-hybridized carbons (Fsp3) is 0.233. The van der Waals surface area contributed by atoms with Crippen molar-refractivity contribution in [2.24, 2.45) is 0 Å². The smallest absolute Gasteiger partial charge is 0.379 e. The molecule has 39 heavy (non-hydrogen) atoms. The van der Waals surface area contributed by atoms with Crippen LogP contribution in [0.15, 0.2) is 67.1 Å². The highest BCUT2D eigenvalue weighted by molar-refractivity contribution is 5.98. The summed E-state index contributed by atoms with van der Waals surface area (Å²) in [7, 11) is 0. The monoisotopic (exact) mass is 533 g/mol. The summed E-state index contributed by atoms with van der Waals surface area (Å²) >= 11 is 0. The van der Waals surface area contributed by atoms with E-state index in [1.807, 2.05) is 11.0 Å². The molecule has 0 amide bonds. The largest absolute Gasteiger partial charge is 0.416 e. The van der Waals surface area contributed by atoms with Crippen LogP contribution in [0.3, 0.4) is 0 Å². The average Bonchev–Trinajstić information content (AvgIpc) is 2.93. The number of nitrogens with zero attached hydrogens (tertiary/aromatic N) is 3. The first-order valence-electron chi connectivity index (χ1n) is 12.3. The van der Waals surface area contributed by atoms with Crippen molar-refractivity contribution in [2.75, 3.05) is 26.3 Å². The molecule has 0 spiro atoms. The molecule has 9 heteroatoms. The molecule has 0 unspecified atom stereocenters. The maximum Gasteiger partial charge on any atom is 0.416 e. The van der Waals surface area contributed by atoms with Gasteiger partial charge in [0.05, 0.1) is 35.4 Å². The van der Waals surface area contributed by atoms with E-state index in [9.17, 15) is 22.4 Å². The second kappa shape index (κ2) is 11.3. The van der Waals surface area contributed by atoms with Crippen LogP contribution in [0.4, 0.5) is 17.6 Å². The van der Waals surface area contributed by atoms with Gasteiger partial charge in [0.1, 0.15) is 5.82 Å². The topological polar surface area (TPSA) is 55.3 Å². The van der Waals surface area contributed by atoms with E-state index >= 15 is 0 Å². The number of ketones is 1. The Balaban J connectivity index is 1.37. The van der Waals surface area contributed by atoms with Crippen molar-refractivity contribution in [2.45, 2.75) is 19.1 Å². The molecular weight excluding hydrogens is 510 g/mol. The predicted octanol–water partition coefficient (Wildman–Crippen LogP) is 5.45. The summed E-state index contributed by atoms with van der Waals surface area (Å²) in [5.41, 5.74) is 0.875. The molecule has 0 bridgehead atoms. The number of hydrogen-bond donors (Lipinski definition) is 0. The number of aromatic nitrogens is 2. The molecule has 0 atom stereocenters. The number of hydrogen-bond acceptors (Lipinski definition) is 5. The molecule has 0 aliphatic carbocycles. The highest BCUT2D eigenvalue weighted by Gasteiger charge is 2.34. The minimum Gasteiger partial charge on any atom is -0.379 e. The summed E-state index contributed by atoms with van der Waals surface area (Å²) in [6, 6.07) is 11.3. The minimum absolute atomic E-state index is 0.00868. The van der Waals surface area contributed by atoms with E-state index in [0.717, 1.165) is 17.5 Å². The second-order valence-corrected chi connectivity index (χ2v) is 9.18. The summed E-state index contributed by atoms with van der Waals surface area (Å²) in [6.07, 6.45) is -0.0447. The first-order chi connectivity index (χ1) is 18.8. The third kappa shape index (κ3) is 6.30. The summed E-state index contributed by atoms with van der Waals surface area (Å²) in [6.45, 7) is 2.22. The van der Waals surface area contributed by atoms with E-state index in [-0.39, 0.29) is 35.2 Å². The van der Waals surface area contributed by atoms with Gasteiger partial charge < -0.3 is 4.74 Å². The van der Waals surface area contributed by atoms with Crippen LogP contribution in [0.1, 0.15) is 38.2 Å². The van der Waals surface area contributed by atoms with Crippen molar-refractivity contribution in [1.82, 2.24) is 14.9 Å². The van der Waals surface area contributed by atoms with Gasteiger partial charge in [-0.05, 0) is 47.5 Å². The molecule has 1 aliphatic heterocycles. The molecule has 198 valence electrons. The number of pyridine rings is 2. The van der Waals surface area contributed by atoms with Crippen LogP contribution in [0, 0.1) is 17.7 Å². The number of morpholine rings is 1. The minimum atomic E-state index is -4.56. The Morgan fingerprint density at radius 2 is 1.79 bits per heavy atom. The predicted molar refractivity (Wildman–Crippen MR) is 137 cm³/mol. The lowest BCUT2D eigenvalue weighted by molar-refractivity contribution is -0.138. The number of ether oxygens (including phenoxy) is 1. The molecule has 5 rings (SSSR count). The summed E-state index contributed by atoms with van der Waals surface area (Å²) in [5.74, 6) is 4.54. The fourth-order valence-electron chi connectivity index (χ4n) is 4.44. The number of carbonyl (C=O) groups excluding carboxylic acids is 1. The molecule has 1 aliphatic rings. The van der Waals surface area contributed by atoms with Crippen molar-refractivity contribution in [3.8, 4) is 11.8 Å². The fourth-order valence-corrected chi connectivity index (χ4v) is 4.44. The quantitative estimate of drug-likeness (QED) is 0.194. The van der Waals surface area contributed by atoms with Crippen molar-refractivity contribution in [1.29, 1.82) is 0 Å². The first kappa shape index (κ1) is 26.5. The van der Waals surface area contributed by atoms with E-state index < -0.39 is 23.3 Å². The van der Waals surface area contributed by atoms with Crippen molar-refractivity contribution >= 4 is 16.7 Å². The number of Topliss-reactive ketones (excluding diaryl/α,β-unsaturated/α-hetero) is 1. The first-order valence-corrected chi connectivity index (χ1v) is 12.3. The van der Waals surface area contributed by atoms with E-state index in [2.05, 4.69) is 21.8 Å². The number of benzene rings is 2. The van der Waals surface area contributed by atoms with Gasteiger partial charge in [0.2, 0.25) is 0 Å². The zero-order valence-electron chi connectivity index (χ0n) is 20.8. The third-order valence-corrected chi connectivity index (χ3v) is 6.47. The van der Waals surface area contributed by atoms with Gasteiger partial charge in [-0.3, -0.25) is 19.7 Å². The normalized spacial score (nSPS) is 14.2. The van der Waals surface area contributed by atoms with Crippen LogP contribution in [0.5, 0.6) is 0 Å². The van der Waals surface area contributed by atoms with Crippen LogP contribution in [0.25, 0.3) is 10.9 Å². The number of carbonyl (C=O) groups is 1. The van der Waals surface area contributed by atoms with Crippen LogP contribution < -0.4 is 0 Å². The van der Waals surface area contributed by atoms with Crippen LogP contribution in [-0.4, -0.2) is 47.0 Å². The second-order valence-electron chi connectivity index (χ2n) is 9.18. The molecule has 1 saturated heterocycles. The Kier molecular flexibility index (Phi) is 7.68. The van der Waals surface area contributed by atoms with Crippen LogP contribution in [-0.2, 0) is 23.9 Å². The van der Waals surface area contributed by atoms with E-state index in [1.54, 1.807) is 18.5 Å². The van der Waals surface area contributed by atoms with Gasteiger partial charge in [-0.2, -0.15) is 13.2 Å². The number of rotatable bonds is 5. The van der Waals surface area contributed by atoms with Crippen molar-refractivity contribution in [3.63, 3.8) is 0 Å². The third-order valence-electron chi connectivity index (χ3n) is 6.47. The lowest BCUT2D eigenvalue weighted by Gasteiger charge is -2.27. The van der Waals surface area contributed by atoms with Gasteiger partial charge in [-0.1, -0.05) is 24.0 Å². The van der Waals surface area contributed by atoms with Crippen LogP contribution >= 0.6 is 0 Å². The number of alkyl halides is 3. The zero-order chi connectivity index (χ0) is 27.4. The van der Waals surface area contributed by atoms with Gasteiger partial charge in [-0.25, -0.2) is 4.39 Å². The molecule has 0 saturated carbocycles. The maximum absolute atomic E-state index is 14.5. The van der Waals surface area contributed by atoms with Gasteiger partial charge in [0.25, 0.3) is 0 Å². The maximum atomic E-state index is 14.5. The highest BCUT2D eigenvalue weighted by Crippen LogP contribution is 2.34. The molecule has 0 radical (unpaired) electrons. The molecular formula is C30H23F4N3O2. The molecule has 4 aromatic rings. The molecule has 2 aromatic carbocycles. The van der Waals surface area contributed by atoms with Crippen molar-refractivity contribution in [3.05, 3.63) is 106 Å². The van der Waals surface area contributed by atoms with E-state index in [4.69, 9.17) is 4.74 Å². The standard InChI is InChI=1S/C30H23F4N3O2/c31-27-8-7-22(16-21(27)5-6-24-18-35-17-23-2-1-9-36-29(23)24)28(38)15-20-3-4-25(26(14-20)30(32,33)34)19-37-10-12-39-13-11-37/h1-4,7-9,14,16-18H,10-13,15,19H2. The van der Waals surface area contributed by atoms with Gasteiger partial charge in [0.15, 0.2) is 5.78 Å². The Hall–Kier alpha value is -4.13. The lowest BCUT2D eigenvalue weighted by Crippen LogP contribution is -2.36. The zero-order valence-corrected chi connectivity index (χ0v) is 20.8. The molecule has 1 fully saturated rings. The Labute approximate surface area is 222 Å². The van der Waals surface area contributed by atoms with Crippen LogP contribution in [0.2, 0.25) is 0 Å². The summed E-state index contributed by atoms with van der Waals surface area (Å²) in [5, 5.41) is 0.780. The summed E-state index contributed by atoms with van der Waals surface area (Å²) < 4.78 is 61.4. The molecule has 2 aromatic heterocycles. The Bertz CT molecular complexity index is 1580. The van der Waals surface area contributed by atoms with Gasteiger partial charge >= 0.3 is 6.18 Å².